The summed E-state index contributed by atoms with van der Waals surface area (Å²) >= 11 is 0. The summed E-state index contributed by atoms with van der Waals surface area (Å²) in [5.74, 6) is 0. The van der Waals surface area contributed by atoms with E-state index in [0.29, 0.717) is 6.61 Å². The SMILES string of the molecule is CN(C1COC2(CCNCC2)C1)S(=O)(=O)C1CCCC1. The summed E-state index contributed by atoms with van der Waals surface area (Å²) < 4.78 is 32.9. The third-order valence-corrected chi connectivity index (χ3v) is 7.76. The van der Waals surface area contributed by atoms with Crippen molar-refractivity contribution in [1.29, 1.82) is 0 Å². The van der Waals surface area contributed by atoms with E-state index in [2.05, 4.69) is 5.32 Å². The predicted molar refractivity (Wildman–Crippen MR) is 78.1 cm³/mol. The Morgan fingerprint density at radius 3 is 2.50 bits per heavy atom. The highest BCUT2D eigenvalue weighted by Gasteiger charge is 2.46. The van der Waals surface area contributed by atoms with E-state index in [0.717, 1.165) is 58.0 Å². The minimum Gasteiger partial charge on any atom is -0.373 e. The normalized spacial score (nSPS) is 31.4. The van der Waals surface area contributed by atoms with Crippen molar-refractivity contribution in [3.63, 3.8) is 0 Å². The molecule has 3 fully saturated rings. The molecule has 3 rings (SSSR count). The Morgan fingerprint density at radius 1 is 1.20 bits per heavy atom. The smallest absolute Gasteiger partial charge is 0.217 e. The van der Waals surface area contributed by atoms with E-state index in [1.165, 1.54) is 0 Å². The van der Waals surface area contributed by atoms with Crippen molar-refractivity contribution in [3.8, 4) is 0 Å². The molecule has 0 radical (unpaired) electrons. The van der Waals surface area contributed by atoms with Gasteiger partial charge in [0.2, 0.25) is 10.0 Å². The first-order valence-electron chi connectivity index (χ1n) is 7.85. The maximum absolute atomic E-state index is 12.6. The molecular weight excluding hydrogens is 276 g/mol. The number of ether oxygens (including phenoxy) is 1. The largest absolute Gasteiger partial charge is 0.373 e. The Kier molecular flexibility index (Phi) is 4.10. The van der Waals surface area contributed by atoms with Gasteiger partial charge in [-0.1, -0.05) is 12.8 Å². The Morgan fingerprint density at radius 2 is 1.85 bits per heavy atom. The molecule has 2 heterocycles. The maximum Gasteiger partial charge on any atom is 0.217 e. The standard InChI is InChI=1S/C14H26N2O3S/c1-16(20(17,18)13-4-2-3-5-13)12-10-14(19-11-12)6-8-15-9-7-14/h12-13,15H,2-11H2,1H3. The molecule has 2 aliphatic heterocycles. The van der Waals surface area contributed by atoms with Crippen LogP contribution >= 0.6 is 0 Å². The fourth-order valence-corrected chi connectivity index (χ4v) is 5.86. The molecule has 1 aliphatic carbocycles. The van der Waals surface area contributed by atoms with Gasteiger partial charge in [0.1, 0.15) is 0 Å². The number of piperidine rings is 1. The van der Waals surface area contributed by atoms with Gasteiger partial charge >= 0.3 is 0 Å². The lowest BCUT2D eigenvalue weighted by Crippen LogP contribution is -2.45. The van der Waals surface area contributed by atoms with Gasteiger partial charge in [0.15, 0.2) is 0 Å². The fourth-order valence-electron chi connectivity index (χ4n) is 3.91. The molecule has 5 nitrogen and oxygen atoms in total. The van der Waals surface area contributed by atoms with Gasteiger partial charge in [-0.15, -0.1) is 0 Å². The Balaban J connectivity index is 1.67. The van der Waals surface area contributed by atoms with Crippen molar-refractivity contribution in [3.05, 3.63) is 0 Å². The van der Waals surface area contributed by atoms with Crippen molar-refractivity contribution in [1.82, 2.24) is 9.62 Å². The second-order valence-corrected chi connectivity index (χ2v) is 8.84. The highest BCUT2D eigenvalue weighted by atomic mass is 32.2. The summed E-state index contributed by atoms with van der Waals surface area (Å²) in [5, 5.41) is 3.19. The van der Waals surface area contributed by atoms with Crippen LogP contribution in [0.3, 0.4) is 0 Å². The van der Waals surface area contributed by atoms with E-state index < -0.39 is 10.0 Å². The number of likely N-dealkylation sites (N-methyl/N-ethyl adjacent to an activating group) is 1. The van der Waals surface area contributed by atoms with Gasteiger partial charge in [0.25, 0.3) is 0 Å². The van der Waals surface area contributed by atoms with Gasteiger partial charge in [0, 0.05) is 7.05 Å². The van der Waals surface area contributed by atoms with Crippen LogP contribution in [0, 0.1) is 0 Å². The lowest BCUT2D eigenvalue weighted by Gasteiger charge is -2.33. The monoisotopic (exact) mass is 302 g/mol. The molecular formula is C14H26N2O3S. The molecule has 3 aliphatic rings. The molecule has 1 unspecified atom stereocenters. The van der Waals surface area contributed by atoms with E-state index in [-0.39, 0.29) is 16.9 Å². The maximum atomic E-state index is 12.6. The summed E-state index contributed by atoms with van der Waals surface area (Å²) in [4.78, 5) is 0. The second kappa shape index (κ2) is 5.55. The van der Waals surface area contributed by atoms with Gasteiger partial charge in [-0.05, 0) is 45.2 Å². The molecule has 0 aromatic carbocycles. The van der Waals surface area contributed by atoms with E-state index in [1.54, 1.807) is 11.4 Å². The molecule has 0 bridgehead atoms. The van der Waals surface area contributed by atoms with Crippen molar-refractivity contribution in [2.75, 3.05) is 26.7 Å². The van der Waals surface area contributed by atoms with Crippen LogP contribution in [-0.2, 0) is 14.8 Å². The van der Waals surface area contributed by atoms with Crippen molar-refractivity contribution in [2.45, 2.75) is 61.8 Å². The third kappa shape index (κ3) is 2.63. The zero-order chi connectivity index (χ0) is 14.2. The first-order chi connectivity index (χ1) is 9.54. The minimum absolute atomic E-state index is 0.0266. The molecule has 2 saturated heterocycles. The zero-order valence-corrected chi connectivity index (χ0v) is 13.1. The van der Waals surface area contributed by atoms with Crippen LogP contribution < -0.4 is 5.32 Å². The topological polar surface area (TPSA) is 58.6 Å². The Labute approximate surface area is 122 Å². The van der Waals surface area contributed by atoms with Gasteiger partial charge < -0.3 is 10.1 Å². The van der Waals surface area contributed by atoms with Crippen LogP contribution in [0.1, 0.15) is 44.9 Å². The summed E-state index contributed by atoms with van der Waals surface area (Å²) in [5.41, 5.74) is -0.0740. The van der Waals surface area contributed by atoms with Crippen LogP contribution in [-0.4, -0.2) is 56.4 Å². The Hall–Kier alpha value is -0.170. The van der Waals surface area contributed by atoms with Crippen LogP contribution in [0.15, 0.2) is 0 Å². The first-order valence-corrected chi connectivity index (χ1v) is 9.35. The summed E-state index contributed by atoms with van der Waals surface area (Å²) in [7, 11) is -1.39. The predicted octanol–water partition coefficient (Wildman–Crippen LogP) is 1.10. The van der Waals surface area contributed by atoms with Gasteiger partial charge in [-0.3, -0.25) is 0 Å². The molecule has 1 spiro atoms. The molecule has 6 heteroatoms. The molecule has 0 aromatic rings. The molecule has 1 atom stereocenters. The lowest BCUT2D eigenvalue weighted by atomic mass is 9.88. The quantitative estimate of drug-likeness (QED) is 0.848. The van der Waals surface area contributed by atoms with Crippen LogP contribution in [0.25, 0.3) is 0 Å². The van der Waals surface area contributed by atoms with Crippen molar-refractivity contribution >= 4 is 10.0 Å². The van der Waals surface area contributed by atoms with Gasteiger partial charge in [-0.2, -0.15) is 4.31 Å². The molecule has 1 N–H and O–H groups in total. The average Bonchev–Trinajstić information content (AvgIpc) is 3.09. The summed E-state index contributed by atoms with van der Waals surface area (Å²) in [6.45, 7) is 2.51. The van der Waals surface area contributed by atoms with Crippen LogP contribution in [0.5, 0.6) is 0 Å². The number of sulfonamides is 1. The summed E-state index contributed by atoms with van der Waals surface area (Å²) in [6, 6.07) is 0.0266. The van der Waals surface area contributed by atoms with E-state index in [4.69, 9.17) is 4.74 Å². The van der Waals surface area contributed by atoms with E-state index in [9.17, 15) is 8.42 Å². The second-order valence-electron chi connectivity index (χ2n) is 6.57. The number of rotatable bonds is 3. The highest BCUT2D eigenvalue weighted by Crippen LogP contribution is 2.37. The molecule has 0 aromatic heterocycles. The zero-order valence-electron chi connectivity index (χ0n) is 12.3. The third-order valence-electron chi connectivity index (χ3n) is 5.34. The van der Waals surface area contributed by atoms with Gasteiger partial charge in [0.05, 0.1) is 23.5 Å². The number of nitrogens with one attached hydrogen (secondary N) is 1. The fraction of sp³-hybridized carbons (Fsp3) is 1.00. The number of nitrogens with zero attached hydrogens (tertiary/aromatic N) is 1. The Bertz CT molecular complexity index is 439. The molecule has 0 amide bonds. The average molecular weight is 302 g/mol. The highest BCUT2D eigenvalue weighted by molar-refractivity contribution is 7.89. The van der Waals surface area contributed by atoms with Crippen LogP contribution in [0.4, 0.5) is 0 Å². The van der Waals surface area contributed by atoms with E-state index >= 15 is 0 Å². The molecule has 20 heavy (non-hydrogen) atoms. The van der Waals surface area contributed by atoms with Crippen molar-refractivity contribution in [2.24, 2.45) is 0 Å². The summed E-state index contributed by atoms with van der Waals surface area (Å²) in [6.07, 6.45) is 6.62. The molecule has 1 saturated carbocycles. The minimum atomic E-state index is -3.14. The van der Waals surface area contributed by atoms with Crippen molar-refractivity contribution < 1.29 is 13.2 Å². The lowest BCUT2D eigenvalue weighted by molar-refractivity contribution is -0.0197. The van der Waals surface area contributed by atoms with E-state index in [1.807, 2.05) is 0 Å². The van der Waals surface area contributed by atoms with Crippen LogP contribution in [0.2, 0.25) is 0 Å². The number of hydrogen-bond donors (Lipinski definition) is 1. The molecule has 116 valence electrons. The number of hydrogen-bond acceptors (Lipinski definition) is 4. The first kappa shape index (κ1) is 14.8. The van der Waals surface area contributed by atoms with Gasteiger partial charge in [-0.25, -0.2) is 8.42 Å².